The second kappa shape index (κ2) is 16.9. The van der Waals surface area contributed by atoms with E-state index in [1.165, 1.54) is 19.3 Å². The van der Waals surface area contributed by atoms with Crippen LogP contribution in [0.4, 0.5) is 0 Å². The molecule has 0 aliphatic heterocycles. The molecule has 0 atom stereocenters. The lowest BCUT2D eigenvalue weighted by atomic mass is 10.2. The van der Waals surface area contributed by atoms with Gasteiger partial charge in [0, 0.05) is 0 Å². The molecule has 0 aromatic heterocycles. The van der Waals surface area contributed by atoms with Crippen molar-refractivity contribution in [3.8, 4) is 0 Å². The predicted molar refractivity (Wildman–Crippen MR) is 88.2 cm³/mol. The molecule has 0 saturated heterocycles. The van der Waals surface area contributed by atoms with E-state index in [0.29, 0.717) is 0 Å². The summed E-state index contributed by atoms with van der Waals surface area (Å²) < 4.78 is 0. The van der Waals surface area contributed by atoms with Crippen LogP contribution in [0.1, 0.15) is 58.3 Å². The third-order valence-corrected chi connectivity index (χ3v) is 2.79. The Labute approximate surface area is 120 Å². The molecule has 0 saturated carbocycles. The number of rotatable bonds is 12. The summed E-state index contributed by atoms with van der Waals surface area (Å²) in [7, 11) is 0. The van der Waals surface area contributed by atoms with Crippen LogP contribution in [0, 0.1) is 0 Å². The van der Waals surface area contributed by atoms with Gasteiger partial charge in [0.1, 0.15) is 0 Å². The van der Waals surface area contributed by atoms with E-state index < -0.39 is 0 Å². The number of hydrogen-bond acceptors (Lipinski definition) is 1. The lowest BCUT2D eigenvalue weighted by Gasteiger charge is -1.93. The molecule has 108 valence electrons. The summed E-state index contributed by atoms with van der Waals surface area (Å²) in [4.78, 5) is 0. The topological polar surface area (TPSA) is 26.0 Å². The second-order valence-electron chi connectivity index (χ2n) is 4.64. The average molecular weight is 261 g/mol. The molecule has 0 radical (unpaired) electrons. The van der Waals surface area contributed by atoms with Gasteiger partial charge in [-0.1, -0.05) is 62.0 Å². The molecule has 0 aromatic carbocycles. The summed E-state index contributed by atoms with van der Waals surface area (Å²) in [5.74, 6) is 0. The van der Waals surface area contributed by atoms with E-state index in [2.05, 4.69) is 55.5 Å². The lowest BCUT2D eigenvalue weighted by molar-refractivity contribution is 0.695. The van der Waals surface area contributed by atoms with Crippen LogP contribution in [-0.2, 0) is 0 Å². The standard InChI is InChI=1S/C18H31N/c1-2-3-4-5-6-7-8-9-10-11-12-13-14-15-16-17-18-19/h3-4,6-7,9-10,12-13H,2,5,8,11,14-19H2,1H3/b4-3-,7-6-,10-9-,13-12-. The maximum Gasteiger partial charge on any atom is -0.00773 e. The van der Waals surface area contributed by atoms with Crippen molar-refractivity contribution in [1.29, 1.82) is 0 Å². The fourth-order valence-corrected chi connectivity index (χ4v) is 1.68. The summed E-state index contributed by atoms with van der Waals surface area (Å²) in [6.45, 7) is 2.99. The number of unbranched alkanes of at least 4 members (excludes halogenated alkanes) is 3. The van der Waals surface area contributed by atoms with Gasteiger partial charge < -0.3 is 5.73 Å². The van der Waals surface area contributed by atoms with E-state index in [1.807, 2.05) is 0 Å². The molecular weight excluding hydrogens is 230 g/mol. The Morgan fingerprint density at radius 2 is 1.16 bits per heavy atom. The monoisotopic (exact) mass is 261 g/mol. The van der Waals surface area contributed by atoms with Crippen LogP contribution in [0.25, 0.3) is 0 Å². The highest BCUT2D eigenvalue weighted by Gasteiger charge is 1.83. The van der Waals surface area contributed by atoms with E-state index in [0.717, 1.165) is 38.6 Å². The Balaban J connectivity index is 3.33. The summed E-state index contributed by atoms with van der Waals surface area (Å²) in [6, 6.07) is 0. The van der Waals surface area contributed by atoms with Crippen molar-refractivity contribution in [2.45, 2.75) is 58.3 Å². The fourth-order valence-electron chi connectivity index (χ4n) is 1.68. The molecule has 2 N–H and O–H groups in total. The minimum absolute atomic E-state index is 0.828. The van der Waals surface area contributed by atoms with E-state index in [-0.39, 0.29) is 0 Å². The van der Waals surface area contributed by atoms with Crippen molar-refractivity contribution in [2.75, 3.05) is 6.54 Å². The molecule has 0 spiro atoms. The molecule has 1 heteroatoms. The Kier molecular flexibility index (Phi) is 16.0. The molecule has 0 unspecified atom stereocenters. The maximum absolute atomic E-state index is 5.45. The van der Waals surface area contributed by atoms with Gasteiger partial charge >= 0.3 is 0 Å². The first kappa shape index (κ1) is 17.9. The third-order valence-electron chi connectivity index (χ3n) is 2.79. The summed E-state index contributed by atoms with van der Waals surface area (Å²) in [5.41, 5.74) is 5.45. The van der Waals surface area contributed by atoms with Gasteiger partial charge in [-0.25, -0.2) is 0 Å². The first-order valence-corrected chi connectivity index (χ1v) is 7.71. The molecule has 19 heavy (non-hydrogen) atoms. The van der Waals surface area contributed by atoms with Gasteiger partial charge in [-0.3, -0.25) is 0 Å². The van der Waals surface area contributed by atoms with Crippen molar-refractivity contribution < 1.29 is 0 Å². The molecule has 1 nitrogen and oxygen atoms in total. The van der Waals surface area contributed by atoms with Crippen molar-refractivity contribution in [1.82, 2.24) is 0 Å². The maximum atomic E-state index is 5.45. The number of hydrogen-bond donors (Lipinski definition) is 1. The molecular formula is C18H31N. The molecule has 0 amide bonds. The molecule has 0 aromatic rings. The predicted octanol–water partition coefficient (Wildman–Crippen LogP) is 5.31. The van der Waals surface area contributed by atoms with Crippen LogP contribution in [0.15, 0.2) is 48.6 Å². The highest BCUT2D eigenvalue weighted by atomic mass is 14.5. The zero-order valence-corrected chi connectivity index (χ0v) is 12.6. The van der Waals surface area contributed by atoms with Crippen LogP contribution in [-0.4, -0.2) is 6.54 Å². The first-order chi connectivity index (χ1) is 9.41. The van der Waals surface area contributed by atoms with Crippen LogP contribution in [0.2, 0.25) is 0 Å². The average Bonchev–Trinajstić information content (AvgIpc) is 2.43. The summed E-state index contributed by atoms with van der Waals surface area (Å²) in [6.07, 6.45) is 27.1. The van der Waals surface area contributed by atoms with Gasteiger partial charge in [0.15, 0.2) is 0 Å². The van der Waals surface area contributed by atoms with Gasteiger partial charge in [-0.05, 0) is 51.5 Å². The molecule has 0 fully saturated rings. The second-order valence-corrected chi connectivity index (χ2v) is 4.64. The molecule has 0 aliphatic rings. The quantitative estimate of drug-likeness (QED) is 0.374. The SMILES string of the molecule is CC/C=C\C/C=C\C/C=C\C/C=C\CCCCCN. The fraction of sp³-hybridized carbons (Fsp3) is 0.556. The Morgan fingerprint density at radius 1 is 0.632 bits per heavy atom. The van der Waals surface area contributed by atoms with Gasteiger partial charge in [-0.2, -0.15) is 0 Å². The zero-order valence-electron chi connectivity index (χ0n) is 12.6. The van der Waals surface area contributed by atoms with Crippen molar-refractivity contribution >= 4 is 0 Å². The largest absolute Gasteiger partial charge is 0.330 e. The first-order valence-electron chi connectivity index (χ1n) is 7.71. The molecule has 0 aliphatic carbocycles. The summed E-state index contributed by atoms with van der Waals surface area (Å²) >= 11 is 0. The van der Waals surface area contributed by atoms with Crippen molar-refractivity contribution in [2.24, 2.45) is 5.73 Å². The highest BCUT2D eigenvalue weighted by Crippen LogP contribution is 2.00. The smallest absolute Gasteiger partial charge is 0.00773 e. The van der Waals surface area contributed by atoms with Crippen LogP contribution in [0.3, 0.4) is 0 Å². The zero-order chi connectivity index (χ0) is 14.0. The van der Waals surface area contributed by atoms with Crippen LogP contribution in [0.5, 0.6) is 0 Å². The number of allylic oxidation sites excluding steroid dienone is 8. The van der Waals surface area contributed by atoms with Gasteiger partial charge in [0.05, 0.1) is 0 Å². The molecule has 0 heterocycles. The minimum Gasteiger partial charge on any atom is -0.330 e. The van der Waals surface area contributed by atoms with E-state index in [4.69, 9.17) is 5.73 Å². The summed E-state index contributed by atoms with van der Waals surface area (Å²) in [5, 5.41) is 0. The number of nitrogens with two attached hydrogens (primary N) is 1. The van der Waals surface area contributed by atoms with Crippen molar-refractivity contribution in [3.05, 3.63) is 48.6 Å². The van der Waals surface area contributed by atoms with E-state index >= 15 is 0 Å². The van der Waals surface area contributed by atoms with Gasteiger partial charge in [-0.15, -0.1) is 0 Å². The Morgan fingerprint density at radius 3 is 1.68 bits per heavy atom. The highest BCUT2D eigenvalue weighted by molar-refractivity contribution is 4.99. The van der Waals surface area contributed by atoms with Crippen LogP contribution < -0.4 is 5.73 Å². The van der Waals surface area contributed by atoms with Crippen molar-refractivity contribution in [3.63, 3.8) is 0 Å². The third kappa shape index (κ3) is 16.9. The van der Waals surface area contributed by atoms with Crippen LogP contribution >= 0.6 is 0 Å². The molecule has 0 rings (SSSR count). The normalized spacial score (nSPS) is 12.7. The minimum atomic E-state index is 0.828. The Hall–Kier alpha value is -1.08. The Bertz CT molecular complexity index is 271. The van der Waals surface area contributed by atoms with Gasteiger partial charge in [0.2, 0.25) is 0 Å². The van der Waals surface area contributed by atoms with E-state index in [1.54, 1.807) is 0 Å². The molecule has 0 bridgehead atoms. The lowest BCUT2D eigenvalue weighted by Crippen LogP contribution is -1.97. The van der Waals surface area contributed by atoms with Gasteiger partial charge in [0.25, 0.3) is 0 Å². The van der Waals surface area contributed by atoms with E-state index in [9.17, 15) is 0 Å².